The topological polar surface area (TPSA) is 37.6 Å². The molecule has 0 saturated heterocycles. The summed E-state index contributed by atoms with van der Waals surface area (Å²) in [5, 5.41) is 1.90. The molecule has 0 radical (unpaired) electrons. The molecular formula is C25H26FN3OS. The molecule has 0 aliphatic carbocycles. The number of fused-ring (bicyclic) bond motifs is 1. The van der Waals surface area contributed by atoms with Gasteiger partial charge in [-0.15, -0.1) is 11.3 Å². The van der Waals surface area contributed by atoms with Crippen LogP contribution < -0.4 is 5.56 Å². The van der Waals surface area contributed by atoms with Gasteiger partial charge in [0, 0.05) is 31.1 Å². The molecule has 4 nitrogen and oxygen atoms in total. The first kappa shape index (κ1) is 21.4. The van der Waals surface area contributed by atoms with E-state index in [0.717, 1.165) is 30.0 Å². The van der Waals surface area contributed by atoms with Crippen molar-refractivity contribution in [3.8, 4) is 11.3 Å². The van der Waals surface area contributed by atoms with Crippen LogP contribution in [0, 0.1) is 18.7 Å². The van der Waals surface area contributed by atoms with Gasteiger partial charge in [-0.3, -0.25) is 14.1 Å². The molecule has 0 N–H and O–H groups in total. The number of halogens is 1. The van der Waals surface area contributed by atoms with Crippen LogP contribution in [0.3, 0.4) is 0 Å². The Labute approximate surface area is 185 Å². The van der Waals surface area contributed by atoms with E-state index in [1.54, 1.807) is 22.6 Å². The molecule has 31 heavy (non-hydrogen) atoms. The molecule has 6 heteroatoms. The van der Waals surface area contributed by atoms with Gasteiger partial charge in [0.2, 0.25) is 0 Å². The molecule has 4 rings (SSSR count). The monoisotopic (exact) mass is 435 g/mol. The van der Waals surface area contributed by atoms with Crippen LogP contribution in [0.2, 0.25) is 0 Å². The maximum atomic E-state index is 13.3. The van der Waals surface area contributed by atoms with Gasteiger partial charge in [-0.1, -0.05) is 43.7 Å². The third-order valence-corrected chi connectivity index (χ3v) is 5.96. The minimum Gasteiger partial charge on any atom is -0.293 e. The molecule has 0 amide bonds. The second-order valence-electron chi connectivity index (χ2n) is 8.38. The number of hydrogen-bond donors (Lipinski definition) is 0. The first-order valence-corrected chi connectivity index (χ1v) is 11.3. The van der Waals surface area contributed by atoms with Crippen LogP contribution in [0.4, 0.5) is 4.39 Å². The number of benzene rings is 2. The average molecular weight is 436 g/mol. The Hall–Kier alpha value is -2.83. The van der Waals surface area contributed by atoms with Crippen molar-refractivity contribution in [3.63, 3.8) is 0 Å². The zero-order valence-corrected chi connectivity index (χ0v) is 18.8. The zero-order valence-electron chi connectivity index (χ0n) is 18.0. The molecule has 0 bridgehead atoms. The molecule has 0 unspecified atom stereocenters. The van der Waals surface area contributed by atoms with E-state index in [0.29, 0.717) is 17.4 Å². The fourth-order valence-corrected chi connectivity index (χ4v) is 4.67. The van der Waals surface area contributed by atoms with Gasteiger partial charge < -0.3 is 0 Å². The number of hydrogen-bond acceptors (Lipinski definition) is 4. The highest BCUT2D eigenvalue weighted by Gasteiger charge is 2.14. The zero-order chi connectivity index (χ0) is 22.0. The standard InChI is InChI=1S/C25H26FN3OS/c1-17(2)13-28(14-19-6-4-18(3)5-7-19)15-22-12-24(30)29-23(16-31-25(29)27-22)20-8-10-21(26)11-9-20/h4-12,16-17H,13-15H2,1-3H3. The third-order valence-electron chi connectivity index (χ3n) is 5.13. The van der Waals surface area contributed by atoms with Crippen LogP contribution in [0.5, 0.6) is 0 Å². The van der Waals surface area contributed by atoms with E-state index in [-0.39, 0.29) is 11.4 Å². The van der Waals surface area contributed by atoms with Crippen molar-refractivity contribution in [3.05, 3.63) is 93.0 Å². The highest BCUT2D eigenvalue weighted by atomic mass is 32.1. The van der Waals surface area contributed by atoms with E-state index in [1.165, 1.54) is 34.6 Å². The Morgan fingerprint density at radius 3 is 2.45 bits per heavy atom. The molecule has 160 valence electrons. The van der Waals surface area contributed by atoms with E-state index >= 15 is 0 Å². The lowest BCUT2D eigenvalue weighted by Gasteiger charge is -2.24. The maximum Gasteiger partial charge on any atom is 0.259 e. The van der Waals surface area contributed by atoms with Gasteiger partial charge in [0.05, 0.1) is 11.4 Å². The summed E-state index contributed by atoms with van der Waals surface area (Å²) in [5.41, 5.74) is 4.69. The smallest absolute Gasteiger partial charge is 0.259 e. The normalized spacial score (nSPS) is 11.7. The Morgan fingerprint density at radius 1 is 1.06 bits per heavy atom. The highest BCUT2D eigenvalue weighted by molar-refractivity contribution is 7.15. The summed E-state index contributed by atoms with van der Waals surface area (Å²) in [6, 6.07) is 16.4. The summed E-state index contributed by atoms with van der Waals surface area (Å²) in [7, 11) is 0. The Kier molecular flexibility index (Phi) is 6.30. The van der Waals surface area contributed by atoms with E-state index in [4.69, 9.17) is 4.98 Å². The fraction of sp³-hybridized carbons (Fsp3) is 0.280. The van der Waals surface area contributed by atoms with Gasteiger partial charge in [-0.05, 0) is 48.2 Å². The lowest BCUT2D eigenvalue weighted by Crippen LogP contribution is -2.28. The third kappa shape index (κ3) is 5.09. The molecule has 0 spiro atoms. The van der Waals surface area contributed by atoms with Crippen molar-refractivity contribution >= 4 is 16.3 Å². The van der Waals surface area contributed by atoms with E-state index in [9.17, 15) is 9.18 Å². The first-order valence-electron chi connectivity index (χ1n) is 10.4. The molecule has 2 heterocycles. The number of rotatable bonds is 7. The predicted octanol–water partition coefficient (Wildman–Crippen LogP) is 5.53. The minimum atomic E-state index is -0.296. The van der Waals surface area contributed by atoms with Gasteiger partial charge in [0.25, 0.3) is 5.56 Å². The van der Waals surface area contributed by atoms with Crippen molar-refractivity contribution in [1.29, 1.82) is 0 Å². The van der Waals surface area contributed by atoms with Crippen molar-refractivity contribution in [2.24, 2.45) is 5.92 Å². The van der Waals surface area contributed by atoms with Gasteiger partial charge in [-0.2, -0.15) is 0 Å². The Bertz CT molecular complexity index is 1230. The SMILES string of the molecule is Cc1ccc(CN(Cc2cc(=O)n3c(-c4ccc(F)cc4)csc3n2)CC(C)C)cc1. The summed E-state index contributed by atoms with van der Waals surface area (Å²) in [4.78, 5) is 20.7. The molecule has 0 aliphatic rings. The van der Waals surface area contributed by atoms with Crippen molar-refractivity contribution in [2.75, 3.05) is 6.54 Å². The number of aromatic nitrogens is 2. The van der Waals surface area contributed by atoms with Crippen molar-refractivity contribution in [2.45, 2.75) is 33.9 Å². The average Bonchev–Trinajstić information content (AvgIpc) is 3.14. The first-order chi connectivity index (χ1) is 14.9. The van der Waals surface area contributed by atoms with Crippen LogP contribution in [0.25, 0.3) is 16.2 Å². The summed E-state index contributed by atoms with van der Waals surface area (Å²) in [6.07, 6.45) is 0. The van der Waals surface area contributed by atoms with Crippen LogP contribution in [0.15, 0.2) is 64.8 Å². The van der Waals surface area contributed by atoms with Crippen LogP contribution in [-0.4, -0.2) is 20.8 Å². The molecule has 0 aliphatic heterocycles. The summed E-state index contributed by atoms with van der Waals surface area (Å²) in [6.45, 7) is 8.82. The highest BCUT2D eigenvalue weighted by Crippen LogP contribution is 2.24. The second-order valence-corrected chi connectivity index (χ2v) is 9.22. The lowest BCUT2D eigenvalue weighted by atomic mass is 10.1. The quantitative estimate of drug-likeness (QED) is 0.383. The van der Waals surface area contributed by atoms with Gasteiger partial charge in [0.1, 0.15) is 5.82 Å². The second kappa shape index (κ2) is 9.12. The Balaban J connectivity index is 1.62. The molecule has 4 aromatic rings. The van der Waals surface area contributed by atoms with Crippen LogP contribution >= 0.6 is 11.3 Å². The largest absolute Gasteiger partial charge is 0.293 e. The fourth-order valence-electron chi connectivity index (χ4n) is 3.75. The van der Waals surface area contributed by atoms with Crippen LogP contribution in [0.1, 0.15) is 30.7 Å². The Morgan fingerprint density at radius 2 is 1.77 bits per heavy atom. The van der Waals surface area contributed by atoms with Gasteiger partial charge >= 0.3 is 0 Å². The van der Waals surface area contributed by atoms with Crippen molar-refractivity contribution < 1.29 is 4.39 Å². The van der Waals surface area contributed by atoms with Gasteiger partial charge in [-0.25, -0.2) is 9.37 Å². The van der Waals surface area contributed by atoms with Crippen LogP contribution in [-0.2, 0) is 13.1 Å². The predicted molar refractivity (Wildman–Crippen MR) is 125 cm³/mol. The van der Waals surface area contributed by atoms with E-state index < -0.39 is 0 Å². The summed E-state index contributed by atoms with van der Waals surface area (Å²) >= 11 is 1.43. The lowest BCUT2D eigenvalue weighted by molar-refractivity contribution is 0.225. The molecule has 0 atom stereocenters. The minimum absolute atomic E-state index is 0.111. The van der Waals surface area contributed by atoms with Crippen molar-refractivity contribution in [1.82, 2.24) is 14.3 Å². The summed E-state index contributed by atoms with van der Waals surface area (Å²) in [5.74, 6) is 0.206. The molecule has 2 aromatic carbocycles. The van der Waals surface area contributed by atoms with E-state index in [1.807, 2.05) is 5.38 Å². The molecule has 0 fully saturated rings. The van der Waals surface area contributed by atoms with Gasteiger partial charge in [0.15, 0.2) is 4.96 Å². The number of aryl methyl sites for hydroxylation is 1. The number of thiazole rings is 1. The van der Waals surface area contributed by atoms with E-state index in [2.05, 4.69) is 49.9 Å². The molecule has 2 aromatic heterocycles. The molecule has 0 saturated carbocycles. The maximum absolute atomic E-state index is 13.3. The summed E-state index contributed by atoms with van der Waals surface area (Å²) < 4.78 is 14.9. The number of nitrogens with zero attached hydrogens (tertiary/aromatic N) is 3. The molecular weight excluding hydrogens is 409 g/mol.